The molecule has 6 nitrogen and oxygen atoms in total. The molecule has 2 aliphatic rings. The summed E-state index contributed by atoms with van der Waals surface area (Å²) >= 11 is 0. The highest BCUT2D eigenvalue weighted by molar-refractivity contribution is 5.88. The fraction of sp³-hybridized carbons (Fsp3) is 0.875. The molecule has 22 heavy (non-hydrogen) atoms. The van der Waals surface area contributed by atoms with Gasteiger partial charge in [0, 0.05) is 26.1 Å². The van der Waals surface area contributed by atoms with E-state index in [1.165, 1.54) is 0 Å². The number of ether oxygens (including phenoxy) is 2. The van der Waals surface area contributed by atoms with Crippen molar-refractivity contribution < 1.29 is 19.1 Å². The van der Waals surface area contributed by atoms with Gasteiger partial charge in [0.1, 0.15) is 6.04 Å². The second kappa shape index (κ2) is 8.48. The van der Waals surface area contributed by atoms with Crippen LogP contribution in [0.1, 0.15) is 39.0 Å². The zero-order valence-corrected chi connectivity index (χ0v) is 13.7. The highest BCUT2D eigenvalue weighted by Gasteiger charge is 2.34. The molecule has 1 saturated carbocycles. The Hall–Kier alpha value is -1.14. The van der Waals surface area contributed by atoms with Crippen LogP contribution in [0.2, 0.25) is 0 Å². The number of amides is 2. The number of nitrogens with one attached hydrogen (secondary N) is 1. The van der Waals surface area contributed by atoms with E-state index in [1.807, 2.05) is 6.92 Å². The van der Waals surface area contributed by atoms with Crippen LogP contribution in [0.25, 0.3) is 0 Å². The van der Waals surface area contributed by atoms with E-state index in [-0.39, 0.29) is 29.9 Å². The second-order valence-electron chi connectivity index (χ2n) is 6.19. The normalized spacial score (nSPS) is 29.8. The first kappa shape index (κ1) is 17.2. The van der Waals surface area contributed by atoms with E-state index >= 15 is 0 Å². The lowest BCUT2D eigenvalue weighted by Crippen LogP contribution is -2.48. The van der Waals surface area contributed by atoms with Crippen molar-refractivity contribution in [2.75, 3.05) is 33.4 Å². The molecule has 1 saturated heterocycles. The van der Waals surface area contributed by atoms with E-state index in [0.29, 0.717) is 26.3 Å². The topological polar surface area (TPSA) is 67.9 Å². The molecule has 0 radical (unpaired) electrons. The van der Waals surface area contributed by atoms with Crippen LogP contribution >= 0.6 is 0 Å². The summed E-state index contributed by atoms with van der Waals surface area (Å²) in [5.41, 5.74) is 0. The summed E-state index contributed by atoms with van der Waals surface area (Å²) in [6.45, 7) is 4.37. The van der Waals surface area contributed by atoms with E-state index in [1.54, 1.807) is 12.0 Å². The Morgan fingerprint density at radius 2 is 2.00 bits per heavy atom. The quantitative estimate of drug-likeness (QED) is 0.767. The standard InChI is InChI=1S/C16H28N2O4/c1-12-15(19)17-8-3-9-18(12)16(20)13-4-6-14(7-5-13)22-11-10-21-2/h12-14H,3-11H2,1-2H3,(H,17,19). The minimum Gasteiger partial charge on any atom is -0.382 e. The summed E-state index contributed by atoms with van der Waals surface area (Å²) in [5, 5.41) is 2.85. The third-order valence-electron chi connectivity index (χ3n) is 4.67. The highest BCUT2D eigenvalue weighted by atomic mass is 16.5. The van der Waals surface area contributed by atoms with Crippen LogP contribution in [0.3, 0.4) is 0 Å². The van der Waals surface area contributed by atoms with Crippen molar-refractivity contribution in [3.63, 3.8) is 0 Å². The molecule has 2 fully saturated rings. The third-order valence-corrected chi connectivity index (χ3v) is 4.67. The molecule has 126 valence electrons. The predicted molar refractivity (Wildman–Crippen MR) is 82.4 cm³/mol. The van der Waals surface area contributed by atoms with Gasteiger partial charge in [0.25, 0.3) is 0 Å². The first-order chi connectivity index (χ1) is 10.6. The smallest absolute Gasteiger partial charge is 0.242 e. The Morgan fingerprint density at radius 1 is 1.27 bits per heavy atom. The maximum atomic E-state index is 12.7. The highest BCUT2D eigenvalue weighted by Crippen LogP contribution is 2.28. The molecule has 1 heterocycles. The van der Waals surface area contributed by atoms with E-state index < -0.39 is 0 Å². The molecular weight excluding hydrogens is 284 g/mol. The van der Waals surface area contributed by atoms with Gasteiger partial charge in [-0.1, -0.05) is 0 Å². The van der Waals surface area contributed by atoms with Crippen molar-refractivity contribution in [2.24, 2.45) is 5.92 Å². The van der Waals surface area contributed by atoms with Gasteiger partial charge in [-0.15, -0.1) is 0 Å². The zero-order chi connectivity index (χ0) is 15.9. The molecule has 0 aromatic carbocycles. The summed E-state index contributed by atoms with van der Waals surface area (Å²) in [6, 6.07) is -0.356. The number of carbonyl (C=O) groups excluding carboxylic acids is 2. The fourth-order valence-corrected chi connectivity index (χ4v) is 3.25. The first-order valence-corrected chi connectivity index (χ1v) is 8.32. The van der Waals surface area contributed by atoms with Crippen LogP contribution < -0.4 is 5.32 Å². The average Bonchev–Trinajstić information content (AvgIpc) is 2.70. The zero-order valence-electron chi connectivity index (χ0n) is 13.7. The molecule has 1 N–H and O–H groups in total. The van der Waals surface area contributed by atoms with Gasteiger partial charge in [-0.05, 0) is 39.0 Å². The lowest BCUT2D eigenvalue weighted by atomic mass is 9.86. The number of hydrogen-bond acceptors (Lipinski definition) is 4. The maximum absolute atomic E-state index is 12.7. The molecule has 0 bridgehead atoms. The van der Waals surface area contributed by atoms with Crippen LogP contribution in [-0.2, 0) is 19.1 Å². The summed E-state index contributed by atoms with van der Waals surface area (Å²) < 4.78 is 10.7. The van der Waals surface area contributed by atoms with E-state index in [9.17, 15) is 9.59 Å². The van der Waals surface area contributed by atoms with Gasteiger partial charge in [-0.2, -0.15) is 0 Å². The number of methoxy groups -OCH3 is 1. The summed E-state index contributed by atoms with van der Waals surface area (Å²) in [7, 11) is 1.66. The summed E-state index contributed by atoms with van der Waals surface area (Å²) in [6.07, 6.45) is 4.59. The summed E-state index contributed by atoms with van der Waals surface area (Å²) in [4.78, 5) is 26.4. The molecule has 1 unspecified atom stereocenters. The van der Waals surface area contributed by atoms with Crippen molar-refractivity contribution in [1.29, 1.82) is 0 Å². The molecule has 6 heteroatoms. The Balaban J connectivity index is 1.82. The summed E-state index contributed by atoms with van der Waals surface area (Å²) in [5.74, 6) is 0.137. The molecule has 0 aromatic heterocycles. The minimum absolute atomic E-state index is 0.0376. The van der Waals surface area contributed by atoms with Crippen LogP contribution in [0.15, 0.2) is 0 Å². The van der Waals surface area contributed by atoms with Crippen LogP contribution in [0.5, 0.6) is 0 Å². The van der Waals surface area contributed by atoms with Gasteiger partial charge in [0.05, 0.1) is 19.3 Å². The number of rotatable bonds is 5. The van der Waals surface area contributed by atoms with Gasteiger partial charge in [-0.25, -0.2) is 0 Å². The second-order valence-corrected chi connectivity index (χ2v) is 6.19. The number of nitrogens with zero attached hydrogens (tertiary/aromatic N) is 1. The Morgan fingerprint density at radius 3 is 2.68 bits per heavy atom. The lowest BCUT2D eigenvalue weighted by molar-refractivity contribution is -0.143. The SMILES string of the molecule is COCCOC1CCC(C(=O)N2CCCNC(=O)C2C)CC1. The molecule has 2 amide bonds. The van der Waals surface area contributed by atoms with E-state index in [4.69, 9.17) is 9.47 Å². The average molecular weight is 312 g/mol. The van der Waals surface area contributed by atoms with Crippen LogP contribution in [-0.4, -0.2) is 62.3 Å². The molecule has 1 atom stereocenters. The number of carbonyl (C=O) groups is 2. The maximum Gasteiger partial charge on any atom is 0.242 e. The molecule has 1 aliphatic heterocycles. The van der Waals surface area contributed by atoms with Gasteiger partial charge in [0.2, 0.25) is 11.8 Å². The molecule has 2 rings (SSSR count). The third kappa shape index (κ3) is 4.43. The molecule has 0 spiro atoms. The first-order valence-electron chi connectivity index (χ1n) is 8.32. The molecule has 0 aromatic rings. The van der Waals surface area contributed by atoms with Crippen LogP contribution in [0, 0.1) is 5.92 Å². The monoisotopic (exact) mass is 312 g/mol. The Labute approximate surface area is 132 Å². The van der Waals surface area contributed by atoms with Crippen LogP contribution in [0.4, 0.5) is 0 Å². The van der Waals surface area contributed by atoms with Crippen molar-refractivity contribution >= 4 is 11.8 Å². The van der Waals surface area contributed by atoms with Crippen molar-refractivity contribution in [1.82, 2.24) is 10.2 Å². The largest absolute Gasteiger partial charge is 0.382 e. The van der Waals surface area contributed by atoms with Crippen molar-refractivity contribution in [2.45, 2.75) is 51.2 Å². The van der Waals surface area contributed by atoms with E-state index in [0.717, 1.165) is 32.1 Å². The minimum atomic E-state index is -0.356. The van der Waals surface area contributed by atoms with Crippen molar-refractivity contribution in [3.05, 3.63) is 0 Å². The number of hydrogen-bond donors (Lipinski definition) is 1. The Bertz CT molecular complexity index is 380. The fourth-order valence-electron chi connectivity index (χ4n) is 3.25. The van der Waals surface area contributed by atoms with Gasteiger partial charge < -0.3 is 19.7 Å². The predicted octanol–water partition coefficient (Wildman–Crippen LogP) is 0.945. The van der Waals surface area contributed by atoms with Gasteiger partial charge in [-0.3, -0.25) is 9.59 Å². The Kier molecular flexibility index (Phi) is 6.64. The molecule has 1 aliphatic carbocycles. The van der Waals surface area contributed by atoms with Crippen molar-refractivity contribution in [3.8, 4) is 0 Å². The molecular formula is C16H28N2O4. The van der Waals surface area contributed by atoms with Gasteiger partial charge in [0.15, 0.2) is 0 Å². The van der Waals surface area contributed by atoms with Gasteiger partial charge >= 0.3 is 0 Å². The lowest BCUT2D eigenvalue weighted by Gasteiger charge is -2.33. The van der Waals surface area contributed by atoms with E-state index in [2.05, 4.69) is 5.32 Å².